The second kappa shape index (κ2) is 6.48. The molecule has 1 aromatic carbocycles. The van der Waals surface area contributed by atoms with Crippen LogP contribution >= 0.6 is 31.9 Å². The van der Waals surface area contributed by atoms with Crippen LogP contribution in [0.2, 0.25) is 0 Å². The summed E-state index contributed by atoms with van der Waals surface area (Å²) in [6.45, 7) is 1.11. The highest BCUT2D eigenvalue weighted by Gasteiger charge is 2.08. The van der Waals surface area contributed by atoms with E-state index in [2.05, 4.69) is 37.2 Å². The Morgan fingerprint density at radius 2 is 1.93 bits per heavy atom. The maximum atomic E-state index is 8.68. The van der Waals surface area contributed by atoms with Crippen LogP contribution in [0.3, 0.4) is 0 Å². The number of aliphatic hydroxyl groups excluding tert-OH is 1. The molecule has 0 unspecified atom stereocenters. The van der Waals surface area contributed by atoms with E-state index < -0.39 is 0 Å². The van der Waals surface area contributed by atoms with Gasteiger partial charge in [-0.25, -0.2) is 0 Å². The van der Waals surface area contributed by atoms with Crippen LogP contribution in [0.15, 0.2) is 21.1 Å². The highest BCUT2D eigenvalue weighted by molar-refractivity contribution is 9.11. The predicted octanol–water partition coefficient (Wildman–Crippen LogP) is 2.30. The molecule has 84 valence electrons. The predicted molar refractivity (Wildman–Crippen MR) is 67.2 cm³/mol. The van der Waals surface area contributed by atoms with E-state index in [9.17, 15) is 0 Å². The summed E-state index contributed by atoms with van der Waals surface area (Å²) in [4.78, 5) is 0. The average molecular weight is 339 g/mol. The maximum Gasteiger partial charge on any atom is 0.147 e. The van der Waals surface area contributed by atoms with Gasteiger partial charge in [0.25, 0.3) is 0 Å². The quantitative estimate of drug-likeness (QED) is 0.865. The standard InChI is InChI=1S/C10H13Br2NO2/c1-13-6-7-4-8(11)10(9(12)5-7)15-3-2-14/h4-5,13-14H,2-3,6H2,1H3. The van der Waals surface area contributed by atoms with Gasteiger partial charge in [-0.3, -0.25) is 0 Å². The van der Waals surface area contributed by atoms with Gasteiger partial charge >= 0.3 is 0 Å². The van der Waals surface area contributed by atoms with Crippen LogP contribution in [-0.2, 0) is 6.54 Å². The molecule has 0 fully saturated rings. The van der Waals surface area contributed by atoms with E-state index in [4.69, 9.17) is 9.84 Å². The molecule has 0 heterocycles. The van der Waals surface area contributed by atoms with E-state index in [0.717, 1.165) is 26.8 Å². The lowest BCUT2D eigenvalue weighted by Gasteiger charge is -2.11. The van der Waals surface area contributed by atoms with Crippen LogP contribution in [0, 0.1) is 0 Å². The van der Waals surface area contributed by atoms with E-state index in [-0.39, 0.29) is 6.61 Å². The molecule has 0 aromatic heterocycles. The summed E-state index contributed by atoms with van der Waals surface area (Å²) >= 11 is 6.87. The van der Waals surface area contributed by atoms with Crippen LogP contribution in [0.5, 0.6) is 5.75 Å². The van der Waals surface area contributed by atoms with Crippen molar-refractivity contribution in [3.8, 4) is 5.75 Å². The summed E-state index contributed by atoms with van der Waals surface area (Å²) in [7, 11) is 1.90. The number of halogens is 2. The number of ether oxygens (including phenoxy) is 1. The van der Waals surface area contributed by atoms with E-state index in [0.29, 0.717) is 6.61 Å². The molecule has 0 amide bonds. The van der Waals surface area contributed by atoms with Crippen molar-refractivity contribution in [2.75, 3.05) is 20.3 Å². The third kappa shape index (κ3) is 3.75. The smallest absolute Gasteiger partial charge is 0.147 e. The number of benzene rings is 1. The first-order valence-electron chi connectivity index (χ1n) is 4.55. The fourth-order valence-electron chi connectivity index (χ4n) is 1.20. The first-order chi connectivity index (χ1) is 7.19. The highest BCUT2D eigenvalue weighted by Crippen LogP contribution is 2.34. The van der Waals surface area contributed by atoms with Gasteiger partial charge in [-0.15, -0.1) is 0 Å². The molecular weight excluding hydrogens is 326 g/mol. The molecule has 0 atom stereocenters. The Balaban J connectivity index is 2.88. The normalized spacial score (nSPS) is 10.4. The van der Waals surface area contributed by atoms with Crippen molar-refractivity contribution in [2.45, 2.75) is 6.54 Å². The fraction of sp³-hybridized carbons (Fsp3) is 0.400. The van der Waals surface area contributed by atoms with Crippen molar-refractivity contribution < 1.29 is 9.84 Å². The zero-order chi connectivity index (χ0) is 11.3. The summed E-state index contributed by atoms with van der Waals surface area (Å²) < 4.78 is 7.16. The van der Waals surface area contributed by atoms with Gasteiger partial charge in [-0.2, -0.15) is 0 Å². The second-order valence-corrected chi connectivity index (χ2v) is 4.70. The van der Waals surface area contributed by atoms with Crippen molar-refractivity contribution in [3.05, 3.63) is 26.6 Å². The number of hydrogen-bond donors (Lipinski definition) is 2. The summed E-state index contributed by atoms with van der Waals surface area (Å²) in [6.07, 6.45) is 0. The number of nitrogens with one attached hydrogen (secondary N) is 1. The molecule has 0 saturated heterocycles. The van der Waals surface area contributed by atoms with E-state index in [1.807, 2.05) is 19.2 Å². The molecule has 0 aliphatic heterocycles. The van der Waals surface area contributed by atoms with Crippen molar-refractivity contribution in [2.24, 2.45) is 0 Å². The zero-order valence-electron chi connectivity index (χ0n) is 8.39. The monoisotopic (exact) mass is 337 g/mol. The fourth-order valence-corrected chi connectivity index (χ4v) is 2.71. The lowest BCUT2D eigenvalue weighted by Crippen LogP contribution is -2.06. The molecule has 15 heavy (non-hydrogen) atoms. The molecule has 0 spiro atoms. The molecule has 0 aliphatic carbocycles. The van der Waals surface area contributed by atoms with Gasteiger partial charge < -0.3 is 15.2 Å². The molecule has 0 aliphatic rings. The van der Waals surface area contributed by atoms with Crippen LogP contribution in [0.1, 0.15) is 5.56 Å². The SMILES string of the molecule is CNCc1cc(Br)c(OCCO)c(Br)c1. The Bertz CT molecular complexity index is 308. The second-order valence-electron chi connectivity index (χ2n) is 2.99. The number of hydrogen-bond acceptors (Lipinski definition) is 3. The molecule has 5 heteroatoms. The molecular formula is C10H13Br2NO2. The van der Waals surface area contributed by atoms with Crippen LogP contribution < -0.4 is 10.1 Å². The maximum absolute atomic E-state index is 8.68. The van der Waals surface area contributed by atoms with Crippen LogP contribution in [0.4, 0.5) is 0 Å². The third-order valence-electron chi connectivity index (χ3n) is 1.78. The van der Waals surface area contributed by atoms with Crippen molar-refractivity contribution in [3.63, 3.8) is 0 Å². The summed E-state index contributed by atoms with van der Waals surface area (Å²) in [5.41, 5.74) is 1.16. The summed E-state index contributed by atoms with van der Waals surface area (Å²) in [5.74, 6) is 0.726. The minimum absolute atomic E-state index is 0.0111. The number of aliphatic hydroxyl groups is 1. The summed E-state index contributed by atoms with van der Waals surface area (Å²) in [5, 5.41) is 11.8. The van der Waals surface area contributed by atoms with Gasteiger partial charge in [0, 0.05) is 6.54 Å². The van der Waals surface area contributed by atoms with E-state index >= 15 is 0 Å². The van der Waals surface area contributed by atoms with Gasteiger partial charge in [0.1, 0.15) is 12.4 Å². The number of rotatable bonds is 5. The minimum atomic E-state index is 0.0111. The summed E-state index contributed by atoms with van der Waals surface area (Å²) in [6, 6.07) is 3.99. The van der Waals surface area contributed by atoms with Gasteiger partial charge in [0.15, 0.2) is 0 Å². The Kier molecular flexibility index (Phi) is 5.60. The topological polar surface area (TPSA) is 41.5 Å². The molecule has 1 rings (SSSR count). The third-order valence-corrected chi connectivity index (χ3v) is 2.95. The molecule has 2 N–H and O–H groups in total. The minimum Gasteiger partial charge on any atom is -0.489 e. The molecule has 1 aromatic rings. The molecule has 0 bridgehead atoms. The first-order valence-corrected chi connectivity index (χ1v) is 6.13. The molecule has 0 saturated carbocycles. The Hall–Kier alpha value is -0.100. The van der Waals surface area contributed by atoms with E-state index in [1.165, 1.54) is 0 Å². The average Bonchev–Trinajstić information content (AvgIpc) is 2.17. The van der Waals surface area contributed by atoms with Gasteiger partial charge in [0.05, 0.1) is 15.6 Å². The largest absolute Gasteiger partial charge is 0.489 e. The van der Waals surface area contributed by atoms with Crippen LogP contribution in [-0.4, -0.2) is 25.4 Å². The van der Waals surface area contributed by atoms with Crippen molar-refractivity contribution in [1.29, 1.82) is 0 Å². The molecule has 0 radical (unpaired) electrons. The zero-order valence-corrected chi connectivity index (χ0v) is 11.6. The highest BCUT2D eigenvalue weighted by atomic mass is 79.9. The Labute approximate surface area is 106 Å². The lowest BCUT2D eigenvalue weighted by molar-refractivity contribution is 0.200. The van der Waals surface area contributed by atoms with Gasteiger partial charge in [0.2, 0.25) is 0 Å². The van der Waals surface area contributed by atoms with Crippen LogP contribution in [0.25, 0.3) is 0 Å². The molecule has 3 nitrogen and oxygen atoms in total. The first kappa shape index (κ1) is 13.0. The Morgan fingerprint density at radius 1 is 1.33 bits per heavy atom. The lowest BCUT2D eigenvalue weighted by atomic mass is 10.2. The van der Waals surface area contributed by atoms with Gasteiger partial charge in [-0.1, -0.05) is 0 Å². The van der Waals surface area contributed by atoms with Crippen molar-refractivity contribution >= 4 is 31.9 Å². The van der Waals surface area contributed by atoms with Crippen molar-refractivity contribution in [1.82, 2.24) is 5.32 Å². The van der Waals surface area contributed by atoms with Gasteiger partial charge in [-0.05, 0) is 56.6 Å². The Morgan fingerprint density at radius 3 is 2.40 bits per heavy atom. The van der Waals surface area contributed by atoms with E-state index in [1.54, 1.807) is 0 Å².